The van der Waals surface area contributed by atoms with Crippen LogP contribution in [0.1, 0.15) is 29.5 Å². The summed E-state index contributed by atoms with van der Waals surface area (Å²) in [6, 6.07) is 6.38. The Morgan fingerprint density at radius 3 is 3.05 bits per heavy atom. The van der Waals surface area contributed by atoms with Gasteiger partial charge in [0, 0.05) is 24.5 Å². The third-order valence-corrected chi connectivity index (χ3v) is 3.85. The van der Waals surface area contributed by atoms with Crippen LogP contribution in [0.2, 0.25) is 0 Å². The van der Waals surface area contributed by atoms with Gasteiger partial charge in [-0.3, -0.25) is 4.68 Å². The van der Waals surface area contributed by atoms with Crippen molar-refractivity contribution in [3.8, 4) is 0 Å². The van der Waals surface area contributed by atoms with Crippen molar-refractivity contribution in [2.24, 2.45) is 17.8 Å². The second kappa shape index (κ2) is 5.99. The van der Waals surface area contributed by atoms with Crippen LogP contribution in [0.5, 0.6) is 0 Å². The van der Waals surface area contributed by atoms with Crippen LogP contribution >= 0.6 is 0 Å². The lowest BCUT2D eigenvalue weighted by Crippen LogP contribution is -2.24. The average molecular weight is 283 g/mol. The molecule has 0 spiro atoms. The van der Waals surface area contributed by atoms with Crippen LogP contribution in [0.15, 0.2) is 35.6 Å². The molecule has 3 rings (SSSR count). The minimum Gasteiger partial charge on any atom is -0.370 e. The van der Waals surface area contributed by atoms with Gasteiger partial charge in [-0.25, -0.2) is 4.99 Å². The number of benzene rings is 1. The van der Waals surface area contributed by atoms with Gasteiger partial charge in [0.25, 0.3) is 0 Å². The minimum atomic E-state index is 0.456. The highest BCUT2D eigenvalue weighted by molar-refractivity contribution is 5.93. The molecule has 0 atom stereocenters. The van der Waals surface area contributed by atoms with Gasteiger partial charge < -0.3 is 11.1 Å². The lowest BCUT2D eigenvalue weighted by atomic mass is 9.90. The normalized spacial score (nSPS) is 14.8. The van der Waals surface area contributed by atoms with Gasteiger partial charge in [-0.15, -0.1) is 0 Å². The number of aliphatic imine (C=N–C) groups is 1. The maximum atomic E-state index is 6.01. The zero-order valence-corrected chi connectivity index (χ0v) is 12.3. The molecule has 5 heteroatoms. The molecule has 0 saturated carbocycles. The minimum absolute atomic E-state index is 0.456. The van der Waals surface area contributed by atoms with E-state index in [1.165, 1.54) is 24.0 Å². The van der Waals surface area contributed by atoms with E-state index in [4.69, 9.17) is 5.73 Å². The Hall–Kier alpha value is -2.30. The van der Waals surface area contributed by atoms with E-state index in [1.54, 1.807) is 10.9 Å². The molecule has 21 heavy (non-hydrogen) atoms. The molecule has 5 nitrogen and oxygen atoms in total. The molecule has 0 amide bonds. The number of hydrogen-bond acceptors (Lipinski definition) is 2. The molecule has 0 saturated heterocycles. The first kappa shape index (κ1) is 13.7. The van der Waals surface area contributed by atoms with E-state index in [-0.39, 0.29) is 0 Å². The van der Waals surface area contributed by atoms with Crippen molar-refractivity contribution in [3.05, 3.63) is 47.3 Å². The molecule has 1 heterocycles. The zero-order valence-electron chi connectivity index (χ0n) is 12.3. The zero-order chi connectivity index (χ0) is 14.7. The second-order valence-corrected chi connectivity index (χ2v) is 5.50. The summed E-state index contributed by atoms with van der Waals surface area (Å²) in [5, 5.41) is 7.37. The van der Waals surface area contributed by atoms with Gasteiger partial charge in [0.05, 0.1) is 12.7 Å². The molecule has 110 valence electrons. The molecule has 0 radical (unpaired) electrons. The van der Waals surface area contributed by atoms with Crippen molar-refractivity contribution in [3.63, 3.8) is 0 Å². The van der Waals surface area contributed by atoms with Crippen LogP contribution in [-0.2, 0) is 26.4 Å². The number of hydrogen-bond donors (Lipinski definition) is 2. The third kappa shape index (κ3) is 3.24. The van der Waals surface area contributed by atoms with Crippen molar-refractivity contribution in [2.75, 3.05) is 5.32 Å². The number of nitrogens with one attached hydrogen (secondary N) is 1. The van der Waals surface area contributed by atoms with Crippen molar-refractivity contribution >= 4 is 11.6 Å². The molecule has 0 aliphatic heterocycles. The highest BCUT2D eigenvalue weighted by Crippen LogP contribution is 2.27. The monoisotopic (exact) mass is 283 g/mol. The number of aryl methyl sites for hydroxylation is 2. The van der Waals surface area contributed by atoms with Crippen LogP contribution < -0.4 is 11.1 Å². The highest BCUT2D eigenvalue weighted by atomic mass is 15.2. The van der Waals surface area contributed by atoms with E-state index in [1.807, 2.05) is 13.2 Å². The van der Waals surface area contributed by atoms with E-state index in [2.05, 4.69) is 33.6 Å². The fourth-order valence-electron chi connectivity index (χ4n) is 2.81. The molecular formula is C16H21N5. The summed E-state index contributed by atoms with van der Waals surface area (Å²) in [5.41, 5.74) is 11.0. The van der Waals surface area contributed by atoms with Crippen molar-refractivity contribution in [1.82, 2.24) is 9.78 Å². The van der Waals surface area contributed by atoms with E-state index in [9.17, 15) is 0 Å². The van der Waals surface area contributed by atoms with E-state index in [0.29, 0.717) is 12.5 Å². The summed E-state index contributed by atoms with van der Waals surface area (Å²) in [7, 11) is 1.89. The maximum Gasteiger partial charge on any atom is 0.193 e. The van der Waals surface area contributed by atoms with Gasteiger partial charge in [-0.2, -0.15) is 5.10 Å². The first-order valence-corrected chi connectivity index (χ1v) is 7.37. The molecule has 2 aromatic rings. The summed E-state index contributed by atoms with van der Waals surface area (Å²) >= 11 is 0. The highest BCUT2D eigenvalue weighted by Gasteiger charge is 2.13. The number of rotatable bonds is 3. The first-order valence-electron chi connectivity index (χ1n) is 7.37. The summed E-state index contributed by atoms with van der Waals surface area (Å²) in [6.07, 6.45) is 8.56. The van der Waals surface area contributed by atoms with Crippen molar-refractivity contribution < 1.29 is 0 Å². The molecule has 0 fully saturated rings. The number of nitrogens with two attached hydrogens (primary N) is 1. The van der Waals surface area contributed by atoms with Crippen molar-refractivity contribution in [1.29, 1.82) is 0 Å². The van der Waals surface area contributed by atoms with Gasteiger partial charge in [-0.05, 0) is 42.9 Å². The largest absolute Gasteiger partial charge is 0.370 e. The molecule has 1 aromatic heterocycles. The van der Waals surface area contributed by atoms with E-state index in [0.717, 1.165) is 24.1 Å². The van der Waals surface area contributed by atoms with Gasteiger partial charge in [0.1, 0.15) is 0 Å². The topological polar surface area (TPSA) is 68.2 Å². The number of anilines is 1. The second-order valence-electron chi connectivity index (χ2n) is 5.50. The third-order valence-electron chi connectivity index (χ3n) is 3.85. The Bertz CT molecular complexity index is 656. The van der Waals surface area contributed by atoms with Gasteiger partial charge in [-0.1, -0.05) is 12.1 Å². The summed E-state index contributed by atoms with van der Waals surface area (Å²) in [6.45, 7) is 0.543. The maximum absolute atomic E-state index is 6.01. The van der Waals surface area contributed by atoms with E-state index < -0.39 is 0 Å². The van der Waals surface area contributed by atoms with Crippen molar-refractivity contribution in [2.45, 2.75) is 32.2 Å². The van der Waals surface area contributed by atoms with Crippen LogP contribution in [0.25, 0.3) is 0 Å². The van der Waals surface area contributed by atoms with Crippen LogP contribution in [0.4, 0.5) is 5.69 Å². The van der Waals surface area contributed by atoms with Gasteiger partial charge in [0.15, 0.2) is 5.96 Å². The quantitative estimate of drug-likeness (QED) is 0.670. The molecular weight excluding hydrogens is 262 g/mol. The molecule has 0 unspecified atom stereocenters. The first-order chi connectivity index (χ1) is 10.2. The molecule has 0 bridgehead atoms. The van der Waals surface area contributed by atoms with Crippen LogP contribution in [-0.4, -0.2) is 15.7 Å². The Morgan fingerprint density at radius 1 is 1.38 bits per heavy atom. The Morgan fingerprint density at radius 2 is 2.24 bits per heavy atom. The number of guanidine groups is 1. The van der Waals surface area contributed by atoms with Gasteiger partial charge in [0.2, 0.25) is 0 Å². The Kier molecular flexibility index (Phi) is 3.90. The number of aromatic nitrogens is 2. The predicted octanol–water partition coefficient (Wildman–Crippen LogP) is 2.23. The molecule has 1 aliphatic carbocycles. The molecule has 1 aliphatic rings. The standard InChI is InChI=1S/C16H21N5/c1-21-11-12(10-19-21)9-18-16(17)20-15-8-4-6-13-5-2-3-7-14(13)15/h4,6,8,10-11H,2-3,5,7,9H2,1H3,(H3,17,18,20). The fourth-order valence-corrected chi connectivity index (χ4v) is 2.81. The lowest BCUT2D eigenvalue weighted by Gasteiger charge is -2.19. The fraction of sp³-hybridized carbons (Fsp3) is 0.375. The van der Waals surface area contributed by atoms with Crippen LogP contribution in [0.3, 0.4) is 0 Å². The Labute approximate surface area is 124 Å². The number of fused-ring (bicyclic) bond motifs is 1. The van der Waals surface area contributed by atoms with Crippen LogP contribution in [0, 0.1) is 0 Å². The smallest absolute Gasteiger partial charge is 0.193 e. The summed E-state index contributed by atoms with van der Waals surface area (Å²) in [4.78, 5) is 4.38. The lowest BCUT2D eigenvalue weighted by molar-refractivity contribution is 0.687. The van der Waals surface area contributed by atoms with E-state index >= 15 is 0 Å². The summed E-state index contributed by atoms with van der Waals surface area (Å²) in [5.74, 6) is 0.456. The average Bonchev–Trinajstić information content (AvgIpc) is 2.91. The van der Waals surface area contributed by atoms with Gasteiger partial charge >= 0.3 is 0 Å². The predicted molar refractivity (Wildman–Crippen MR) is 85.2 cm³/mol. The molecule has 1 aromatic carbocycles. The summed E-state index contributed by atoms with van der Waals surface area (Å²) < 4.78 is 1.77. The SMILES string of the molecule is Cn1cc(CN=C(N)Nc2cccc3c2CCCC3)cn1. The number of nitrogens with zero attached hydrogens (tertiary/aromatic N) is 3. The molecule has 3 N–H and O–H groups in total. The Balaban J connectivity index is 1.71.